The van der Waals surface area contributed by atoms with E-state index in [2.05, 4.69) is 21.2 Å². The zero-order valence-corrected chi connectivity index (χ0v) is 17.6. The molecular formula is C20H14BrClN2O3S. The third-order valence-electron chi connectivity index (χ3n) is 4.37. The standard InChI is InChI=1S/C20H14BrClN2O3S/c21-13-4-3-5-15(10-13)23-20(25)12-24-18-9-8-14(22)11-17(18)16-6-1-2-7-19(16)28(24,26)27/h1-11H,12H2,(H,23,25). The van der Waals surface area contributed by atoms with Crippen molar-refractivity contribution in [3.63, 3.8) is 0 Å². The number of anilines is 2. The molecule has 0 unspecified atom stereocenters. The third-order valence-corrected chi connectivity index (χ3v) is 6.91. The Hall–Kier alpha value is -2.35. The lowest BCUT2D eigenvalue weighted by molar-refractivity contribution is -0.114. The topological polar surface area (TPSA) is 66.5 Å². The molecule has 0 saturated heterocycles. The number of halogens is 2. The smallest absolute Gasteiger partial charge is 0.265 e. The van der Waals surface area contributed by atoms with Gasteiger partial charge in [-0.3, -0.25) is 9.10 Å². The van der Waals surface area contributed by atoms with Crippen LogP contribution in [-0.2, 0) is 14.8 Å². The summed E-state index contributed by atoms with van der Waals surface area (Å²) >= 11 is 9.48. The summed E-state index contributed by atoms with van der Waals surface area (Å²) in [6.45, 7) is -0.349. The highest BCUT2D eigenvalue weighted by Gasteiger charge is 2.35. The maximum Gasteiger partial charge on any atom is 0.265 e. The first-order valence-electron chi connectivity index (χ1n) is 8.33. The van der Waals surface area contributed by atoms with E-state index in [1.54, 1.807) is 54.6 Å². The van der Waals surface area contributed by atoms with E-state index in [0.717, 1.165) is 8.78 Å². The van der Waals surface area contributed by atoms with Crippen LogP contribution in [-0.4, -0.2) is 20.9 Å². The number of nitrogens with zero attached hydrogens (tertiary/aromatic N) is 1. The van der Waals surface area contributed by atoms with Crippen molar-refractivity contribution in [1.82, 2.24) is 0 Å². The second-order valence-corrected chi connectivity index (χ2v) is 9.41. The van der Waals surface area contributed by atoms with Gasteiger partial charge in [-0.05, 0) is 42.5 Å². The molecule has 0 spiro atoms. The molecule has 142 valence electrons. The Kier molecular flexibility index (Phi) is 4.91. The van der Waals surface area contributed by atoms with Gasteiger partial charge in [-0.1, -0.05) is 51.8 Å². The molecule has 0 saturated carbocycles. The van der Waals surface area contributed by atoms with Gasteiger partial charge in [0.1, 0.15) is 6.54 Å². The molecular weight excluding hydrogens is 464 g/mol. The summed E-state index contributed by atoms with van der Waals surface area (Å²) in [5, 5.41) is 3.22. The first-order chi connectivity index (χ1) is 13.4. The fourth-order valence-electron chi connectivity index (χ4n) is 3.17. The normalized spacial score (nSPS) is 14.1. The van der Waals surface area contributed by atoms with Gasteiger partial charge >= 0.3 is 0 Å². The lowest BCUT2D eigenvalue weighted by atomic mass is 10.0. The molecule has 1 heterocycles. The SMILES string of the molecule is O=C(CN1c2ccc(Cl)cc2-c2ccccc2S1(=O)=O)Nc1cccc(Br)c1. The first kappa shape index (κ1) is 19.0. The zero-order chi connectivity index (χ0) is 19.9. The molecule has 0 radical (unpaired) electrons. The zero-order valence-electron chi connectivity index (χ0n) is 14.4. The number of carbonyl (C=O) groups is 1. The number of hydrogen-bond acceptors (Lipinski definition) is 3. The van der Waals surface area contributed by atoms with E-state index in [1.165, 1.54) is 6.07 Å². The number of rotatable bonds is 3. The van der Waals surface area contributed by atoms with Crippen LogP contribution < -0.4 is 9.62 Å². The number of nitrogens with one attached hydrogen (secondary N) is 1. The summed E-state index contributed by atoms with van der Waals surface area (Å²) in [7, 11) is -3.88. The van der Waals surface area contributed by atoms with Crippen molar-refractivity contribution in [2.24, 2.45) is 0 Å². The quantitative estimate of drug-likeness (QED) is 0.582. The molecule has 8 heteroatoms. The largest absolute Gasteiger partial charge is 0.324 e. The second-order valence-electron chi connectivity index (χ2n) is 6.23. The molecule has 28 heavy (non-hydrogen) atoms. The summed E-state index contributed by atoms with van der Waals surface area (Å²) < 4.78 is 28.3. The predicted molar refractivity (Wildman–Crippen MR) is 114 cm³/mol. The van der Waals surface area contributed by atoms with Gasteiger partial charge in [0.25, 0.3) is 10.0 Å². The number of carbonyl (C=O) groups excluding carboxylic acids is 1. The number of hydrogen-bond donors (Lipinski definition) is 1. The average Bonchev–Trinajstić information content (AvgIpc) is 2.65. The molecule has 0 bridgehead atoms. The van der Waals surface area contributed by atoms with Gasteiger partial charge in [-0.2, -0.15) is 0 Å². The van der Waals surface area contributed by atoms with Crippen LogP contribution >= 0.6 is 27.5 Å². The van der Waals surface area contributed by atoms with Crippen LogP contribution in [0.3, 0.4) is 0 Å². The Morgan fingerprint density at radius 3 is 2.57 bits per heavy atom. The predicted octanol–water partition coefficient (Wildman–Crippen LogP) is 4.92. The molecule has 1 amide bonds. The summed E-state index contributed by atoms with van der Waals surface area (Å²) in [6.07, 6.45) is 0. The second kappa shape index (κ2) is 7.24. The van der Waals surface area contributed by atoms with E-state index in [1.807, 2.05) is 6.07 Å². The summed E-state index contributed by atoms with van der Waals surface area (Å²) in [4.78, 5) is 12.8. The Labute approximate surface area is 176 Å². The van der Waals surface area contributed by atoms with Crippen molar-refractivity contribution < 1.29 is 13.2 Å². The molecule has 0 fully saturated rings. The van der Waals surface area contributed by atoms with Crippen molar-refractivity contribution in [2.45, 2.75) is 4.90 Å². The van der Waals surface area contributed by atoms with Crippen molar-refractivity contribution in [3.8, 4) is 11.1 Å². The highest BCUT2D eigenvalue weighted by molar-refractivity contribution is 9.10. The van der Waals surface area contributed by atoms with Gasteiger partial charge < -0.3 is 5.32 Å². The minimum absolute atomic E-state index is 0.153. The molecule has 1 aliphatic heterocycles. The van der Waals surface area contributed by atoms with Crippen molar-refractivity contribution in [3.05, 3.63) is 76.2 Å². The van der Waals surface area contributed by atoms with E-state index in [9.17, 15) is 13.2 Å². The van der Waals surface area contributed by atoms with Gasteiger partial charge in [0.15, 0.2) is 0 Å². The fourth-order valence-corrected chi connectivity index (χ4v) is 5.39. The molecule has 3 aromatic carbocycles. The Morgan fingerprint density at radius 2 is 1.79 bits per heavy atom. The monoisotopic (exact) mass is 476 g/mol. The fraction of sp³-hybridized carbons (Fsp3) is 0.0500. The molecule has 4 rings (SSSR count). The van der Waals surface area contributed by atoms with E-state index < -0.39 is 15.9 Å². The van der Waals surface area contributed by atoms with E-state index in [0.29, 0.717) is 27.5 Å². The summed E-state index contributed by atoms with van der Waals surface area (Å²) in [5.41, 5.74) is 2.25. The molecule has 3 aromatic rings. The number of amides is 1. The van der Waals surface area contributed by atoms with E-state index in [4.69, 9.17) is 11.6 Å². The van der Waals surface area contributed by atoms with Crippen LogP contribution in [0.15, 0.2) is 76.1 Å². The van der Waals surface area contributed by atoms with Gasteiger partial charge in [0.2, 0.25) is 5.91 Å². The maximum atomic E-state index is 13.2. The van der Waals surface area contributed by atoms with Crippen LogP contribution in [0.5, 0.6) is 0 Å². The molecule has 0 aliphatic carbocycles. The molecule has 5 nitrogen and oxygen atoms in total. The van der Waals surface area contributed by atoms with E-state index >= 15 is 0 Å². The van der Waals surface area contributed by atoms with Crippen LogP contribution in [0.2, 0.25) is 5.02 Å². The Bertz CT molecular complexity index is 1200. The molecule has 0 aromatic heterocycles. The lowest BCUT2D eigenvalue weighted by Crippen LogP contribution is -2.40. The average molecular weight is 478 g/mol. The maximum absolute atomic E-state index is 13.2. The van der Waals surface area contributed by atoms with Gasteiger partial charge in [-0.25, -0.2) is 8.42 Å². The Morgan fingerprint density at radius 1 is 1.00 bits per heavy atom. The van der Waals surface area contributed by atoms with E-state index in [-0.39, 0.29) is 11.4 Å². The van der Waals surface area contributed by atoms with Crippen LogP contribution in [0, 0.1) is 0 Å². The van der Waals surface area contributed by atoms with Crippen LogP contribution in [0.1, 0.15) is 0 Å². The minimum atomic E-state index is -3.88. The number of sulfonamides is 1. The molecule has 0 atom stereocenters. The Balaban J connectivity index is 1.74. The van der Waals surface area contributed by atoms with Crippen LogP contribution in [0.25, 0.3) is 11.1 Å². The highest BCUT2D eigenvalue weighted by atomic mass is 79.9. The third kappa shape index (κ3) is 3.41. The minimum Gasteiger partial charge on any atom is -0.324 e. The van der Waals surface area contributed by atoms with Crippen molar-refractivity contribution in [1.29, 1.82) is 0 Å². The first-order valence-corrected chi connectivity index (χ1v) is 10.9. The summed E-state index contributed by atoms with van der Waals surface area (Å²) in [6, 6.07) is 18.7. The highest BCUT2D eigenvalue weighted by Crippen LogP contribution is 2.43. The molecule has 1 N–H and O–H groups in total. The summed E-state index contributed by atoms with van der Waals surface area (Å²) in [5.74, 6) is -0.443. The lowest BCUT2D eigenvalue weighted by Gasteiger charge is -2.31. The van der Waals surface area contributed by atoms with Gasteiger partial charge in [0.05, 0.1) is 10.6 Å². The van der Waals surface area contributed by atoms with Crippen molar-refractivity contribution >= 4 is 54.8 Å². The van der Waals surface area contributed by atoms with Gasteiger partial charge in [0, 0.05) is 26.3 Å². The number of benzene rings is 3. The van der Waals surface area contributed by atoms with Crippen molar-refractivity contribution in [2.75, 3.05) is 16.2 Å². The number of fused-ring (bicyclic) bond motifs is 3. The molecule has 1 aliphatic rings. The van der Waals surface area contributed by atoms with Gasteiger partial charge in [-0.15, -0.1) is 0 Å². The van der Waals surface area contributed by atoms with Crippen LogP contribution in [0.4, 0.5) is 11.4 Å².